The van der Waals surface area contributed by atoms with Gasteiger partial charge in [0.2, 0.25) is 5.91 Å². The zero-order chi connectivity index (χ0) is 15.5. The molecule has 0 heterocycles. The van der Waals surface area contributed by atoms with Gasteiger partial charge in [0.1, 0.15) is 6.23 Å². The quantitative estimate of drug-likeness (QED) is 0.352. The molecule has 1 aromatic rings. The average Bonchev–Trinajstić information content (AvgIpc) is 2.50. The summed E-state index contributed by atoms with van der Waals surface area (Å²) in [6.07, 6.45) is 4.56. The molecule has 2 unspecified atom stereocenters. The number of amides is 1. The maximum atomic E-state index is 12.2. The highest BCUT2D eigenvalue weighted by molar-refractivity contribution is 7.98. The van der Waals surface area contributed by atoms with E-state index in [1.165, 1.54) is 0 Å². The molecule has 1 rings (SSSR count). The number of unbranched alkanes of at least 4 members (excludes halogenated alkanes) is 1. The number of aliphatic hydroxyl groups excluding tert-OH is 1. The van der Waals surface area contributed by atoms with Crippen molar-refractivity contribution in [3.05, 3.63) is 35.9 Å². The van der Waals surface area contributed by atoms with Crippen LogP contribution in [0, 0.1) is 5.92 Å². The maximum Gasteiger partial charge on any atom is 0.226 e. The Hall–Kier alpha value is -0.650. The first kappa shape index (κ1) is 18.4. The topological polar surface area (TPSA) is 49.3 Å². The summed E-state index contributed by atoms with van der Waals surface area (Å²) in [7, 11) is 0. The molecular formula is C16H25NO2S2. The van der Waals surface area contributed by atoms with E-state index in [9.17, 15) is 9.90 Å². The Morgan fingerprint density at radius 2 is 2.05 bits per heavy atom. The van der Waals surface area contributed by atoms with Crippen molar-refractivity contribution in [2.75, 3.05) is 17.8 Å². The SMILES string of the molecule is CSCCCCC(O)NC(=O)C(CS)Cc1ccccc1. The summed E-state index contributed by atoms with van der Waals surface area (Å²) in [5.74, 6) is 1.23. The summed E-state index contributed by atoms with van der Waals surface area (Å²) >= 11 is 6.06. The number of carbonyl (C=O) groups excluding carboxylic acids is 1. The van der Waals surface area contributed by atoms with Crippen LogP contribution in [0.1, 0.15) is 24.8 Å². The van der Waals surface area contributed by atoms with Gasteiger partial charge in [0.15, 0.2) is 0 Å². The lowest BCUT2D eigenvalue weighted by Crippen LogP contribution is -2.40. The molecule has 2 N–H and O–H groups in total. The van der Waals surface area contributed by atoms with Crippen LogP contribution in [-0.4, -0.2) is 35.0 Å². The molecule has 21 heavy (non-hydrogen) atoms. The van der Waals surface area contributed by atoms with E-state index < -0.39 is 6.23 Å². The second kappa shape index (κ2) is 11.0. The van der Waals surface area contributed by atoms with E-state index >= 15 is 0 Å². The highest BCUT2D eigenvalue weighted by Crippen LogP contribution is 2.11. The summed E-state index contributed by atoms with van der Waals surface area (Å²) in [4.78, 5) is 12.2. The van der Waals surface area contributed by atoms with Crippen molar-refractivity contribution >= 4 is 30.3 Å². The summed E-state index contributed by atoms with van der Waals surface area (Å²) in [5.41, 5.74) is 1.11. The Morgan fingerprint density at radius 3 is 2.67 bits per heavy atom. The van der Waals surface area contributed by atoms with Gasteiger partial charge in [0.25, 0.3) is 0 Å². The molecule has 0 aliphatic rings. The molecule has 0 aromatic heterocycles. The minimum absolute atomic E-state index is 0.119. The summed E-state index contributed by atoms with van der Waals surface area (Å²) in [6, 6.07) is 9.88. The number of carbonyl (C=O) groups is 1. The number of hydrogen-bond acceptors (Lipinski definition) is 4. The van der Waals surface area contributed by atoms with Crippen molar-refractivity contribution in [1.29, 1.82) is 0 Å². The second-order valence-corrected chi connectivity index (χ2v) is 6.43. The molecule has 1 aromatic carbocycles. The first-order valence-corrected chi connectivity index (χ1v) is 9.32. The molecule has 0 spiro atoms. The molecular weight excluding hydrogens is 302 g/mol. The minimum Gasteiger partial charge on any atom is -0.374 e. The molecule has 0 aliphatic carbocycles. The zero-order valence-corrected chi connectivity index (χ0v) is 14.2. The first-order valence-electron chi connectivity index (χ1n) is 7.29. The van der Waals surface area contributed by atoms with Crippen LogP contribution >= 0.6 is 24.4 Å². The van der Waals surface area contributed by atoms with E-state index in [1.54, 1.807) is 11.8 Å². The standard InChI is InChI=1S/C16H25NO2S2/c1-21-10-6-5-9-15(18)17-16(19)14(12-20)11-13-7-3-2-4-8-13/h2-4,7-8,14-15,18,20H,5-6,9-12H2,1H3,(H,17,19). The van der Waals surface area contributed by atoms with Crippen LogP contribution < -0.4 is 5.32 Å². The van der Waals surface area contributed by atoms with Crippen molar-refractivity contribution in [3.8, 4) is 0 Å². The van der Waals surface area contributed by atoms with Gasteiger partial charge in [0, 0.05) is 5.75 Å². The highest BCUT2D eigenvalue weighted by Gasteiger charge is 2.19. The number of benzene rings is 1. The number of thioether (sulfide) groups is 1. The lowest BCUT2D eigenvalue weighted by Gasteiger charge is -2.18. The van der Waals surface area contributed by atoms with Crippen LogP contribution in [0.15, 0.2) is 30.3 Å². The average molecular weight is 328 g/mol. The molecule has 1 amide bonds. The lowest BCUT2D eigenvalue weighted by molar-refractivity contribution is -0.127. The van der Waals surface area contributed by atoms with Crippen molar-refractivity contribution in [2.24, 2.45) is 5.92 Å². The Kier molecular flexibility index (Phi) is 9.63. The number of thiol groups is 1. The number of rotatable bonds is 10. The smallest absolute Gasteiger partial charge is 0.226 e. The van der Waals surface area contributed by atoms with E-state index in [4.69, 9.17) is 0 Å². The normalized spacial score (nSPS) is 13.7. The van der Waals surface area contributed by atoms with Crippen LogP contribution in [0.3, 0.4) is 0 Å². The molecule has 118 valence electrons. The van der Waals surface area contributed by atoms with E-state index in [-0.39, 0.29) is 11.8 Å². The van der Waals surface area contributed by atoms with Crippen LogP contribution in [0.4, 0.5) is 0 Å². The lowest BCUT2D eigenvalue weighted by atomic mass is 10.00. The fourth-order valence-electron chi connectivity index (χ4n) is 2.08. The third-order valence-corrected chi connectivity index (χ3v) is 4.44. The van der Waals surface area contributed by atoms with E-state index in [0.717, 1.165) is 24.2 Å². The van der Waals surface area contributed by atoms with Gasteiger partial charge in [-0.2, -0.15) is 24.4 Å². The predicted octanol–water partition coefficient (Wildman–Crippen LogP) is 2.74. The van der Waals surface area contributed by atoms with E-state index in [2.05, 4.69) is 24.2 Å². The highest BCUT2D eigenvalue weighted by atomic mass is 32.2. The van der Waals surface area contributed by atoms with Crippen molar-refractivity contribution in [2.45, 2.75) is 31.9 Å². The molecule has 0 aliphatic heterocycles. The van der Waals surface area contributed by atoms with Gasteiger partial charge in [-0.15, -0.1) is 0 Å². The third-order valence-electron chi connectivity index (χ3n) is 3.30. The molecule has 0 bridgehead atoms. The first-order chi connectivity index (χ1) is 10.2. The molecule has 5 heteroatoms. The Balaban J connectivity index is 2.37. The van der Waals surface area contributed by atoms with Gasteiger partial charge in [0.05, 0.1) is 5.92 Å². The second-order valence-electron chi connectivity index (χ2n) is 5.08. The Labute approximate surface area is 137 Å². The fraction of sp³-hybridized carbons (Fsp3) is 0.562. The maximum absolute atomic E-state index is 12.2. The van der Waals surface area contributed by atoms with E-state index in [0.29, 0.717) is 18.6 Å². The number of hydrogen-bond donors (Lipinski definition) is 3. The summed E-state index contributed by atoms with van der Waals surface area (Å²) in [5, 5.41) is 12.6. The molecule has 0 fully saturated rings. The molecule has 0 saturated heterocycles. The van der Waals surface area contributed by atoms with Gasteiger partial charge in [-0.1, -0.05) is 30.3 Å². The summed E-state index contributed by atoms with van der Waals surface area (Å²) in [6.45, 7) is 0. The molecule has 3 nitrogen and oxygen atoms in total. The summed E-state index contributed by atoms with van der Waals surface area (Å²) < 4.78 is 0. The van der Waals surface area contributed by atoms with Crippen molar-refractivity contribution in [1.82, 2.24) is 5.32 Å². The van der Waals surface area contributed by atoms with E-state index in [1.807, 2.05) is 30.3 Å². The van der Waals surface area contributed by atoms with Crippen molar-refractivity contribution < 1.29 is 9.90 Å². The third kappa shape index (κ3) is 7.79. The van der Waals surface area contributed by atoms with Gasteiger partial charge in [-0.25, -0.2) is 0 Å². The fourth-order valence-corrected chi connectivity index (χ4v) is 2.86. The Morgan fingerprint density at radius 1 is 1.33 bits per heavy atom. The van der Waals surface area contributed by atoms with Crippen molar-refractivity contribution in [3.63, 3.8) is 0 Å². The van der Waals surface area contributed by atoms with Gasteiger partial charge >= 0.3 is 0 Å². The van der Waals surface area contributed by atoms with Gasteiger partial charge in [-0.3, -0.25) is 4.79 Å². The molecule has 0 radical (unpaired) electrons. The monoisotopic (exact) mass is 327 g/mol. The van der Waals surface area contributed by atoms with Crippen LogP contribution in [-0.2, 0) is 11.2 Å². The largest absolute Gasteiger partial charge is 0.374 e. The van der Waals surface area contributed by atoms with Crippen LogP contribution in [0.25, 0.3) is 0 Å². The molecule has 2 atom stereocenters. The Bertz CT molecular complexity index is 401. The van der Waals surface area contributed by atoms with Crippen LogP contribution in [0.2, 0.25) is 0 Å². The zero-order valence-electron chi connectivity index (χ0n) is 12.5. The number of nitrogens with one attached hydrogen (secondary N) is 1. The van der Waals surface area contributed by atoms with Gasteiger partial charge < -0.3 is 10.4 Å². The number of aliphatic hydroxyl groups is 1. The predicted molar refractivity (Wildman–Crippen MR) is 93.9 cm³/mol. The minimum atomic E-state index is -0.752. The molecule has 0 saturated carbocycles. The van der Waals surface area contributed by atoms with Gasteiger partial charge in [-0.05, 0) is 43.3 Å². The van der Waals surface area contributed by atoms with Crippen LogP contribution in [0.5, 0.6) is 0 Å².